The molecule has 0 aliphatic rings. The molecule has 0 saturated carbocycles. The third-order valence-electron chi connectivity index (χ3n) is 1.75. The number of nitrogens with one attached hydrogen (secondary N) is 1. The predicted octanol–water partition coefficient (Wildman–Crippen LogP) is 1.58. The number of rotatable bonds is 3. The number of ether oxygens (including phenoxy) is 2. The molecule has 0 saturated heterocycles. The van der Waals surface area contributed by atoms with E-state index in [2.05, 4.69) is 5.32 Å². The lowest BCUT2D eigenvalue weighted by atomic mass is 10.2. The molecule has 1 rings (SSSR count). The molecule has 0 radical (unpaired) electrons. The fourth-order valence-electron chi connectivity index (χ4n) is 1.17. The first-order valence-corrected chi connectivity index (χ1v) is 4.67. The second-order valence-corrected chi connectivity index (χ2v) is 3.14. The summed E-state index contributed by atoms with van der Waals surface area (Å²) in [5.41, 5.74) is 0.405. The van der Waals surface area contributed by atoms with Gasteiger partial charge in [-0.25, -0.2) is 0 Å². The van der Waals surface area contributed by atoms with Crippen molar-refractivity contribution in [2.75, 3.05) is 12.4 Å². The molecule has 0 fully saturated rings. The molecule has 1 N–H and O–H groups in total. The first kappa shape index (κ1) is 12.0. The van der Waals surface area contributed by atoms with Crippen molar-refractivity contribution in [3.8, 4) is 11.5 Å². The van der Waals surface area contributed by atoms with Crippen LogP contribution in [0.3, 0.4) is 0 Å². The largest absolute Gasteiger partial charge is 0.497 e. The van der Waals surface area contributed by atoms with Crippen molar-refractivity contribution in [2.24, 2.45) is 0 Å². The summed E-state index contributed by atoms with van der Waals surface area (Å²) >= 11 is 0. The molecule has 16 heavy (non-hydrogen) atoms. The number of hydrogen-bond donors (Lipinski definition) is 1. The minimum atomic E-state index is -0.447. The van der Waals surface area contributed by atoms with Crippen LogP contribution < -0.4 is 14.8 Å². The van der Waals surface area contributed by atoms with Gasteiger partial charge in [0.15, 0.2) is 5.75 Å². The van der Waals surface area contributed by atoms with Crippen molar-refractivity contribution in [2.45, 2.75) is 13.8 Å². The van der Waals surface area contributed by atoms with E-state index in [0.29, 0.717) is 17.2 Å². The maximum atomic E-state index is 11.0. The molecule has 1 aromatic rings. The van der Waals surface area contributed by atoms with Gasteiger partial charge in [0.2, 0.25) is 5.91 Å². The first-order valence-electron chi connectivity index (χ1n) is 4.67. The average Bonchev–Trinajstić information content (AvgIpc) is 2.19. The molecule has 0 unspecified atom stereocenters. The van der Waals surface area contributed by atoms with Crippen molar-refractivity contribution < 1.29 is 19.1 Å². The van der Waals surface area contributed by atoms with Gasteiger partial charge in [0.25, 0.3) is 0 Å². The molecule has 1 aromatic carbocycles. The quantitative estimate of drug-likeness (QED) is 0.624. The van der Waals surface area contributed by atoms with Crippen LogP contribution in [0.15, 0.2) is 18.2 Å². The van der Waals surface area contributed by atoms with Gasteiger partial charge in [0, 0.05) is 19.9 Å². The van der Waals surface area contributed by atoms with Crippen LogP contribution >= 0.6 is 0 Å². The van der Waals surface area contributed by atoms with Crippen molar-refractivity contribution >= 4 is 17.6 Å². The fourth-order valence-corrected chi connectivity index (χ4v) is 1.17. The highest BCUT2D eigenvalue weighted by molar-refractivity contribution is 5.91. The Kier molecular flexibility index (Phi) is 3.88. The Balaban J connectivity index is 3.05. The van der Waals surface area contributed by atoms with Gasteiger partial charge < -0.3 is 14.8 Å². The Morgan fingerprint density at radius 2 is 1.94 bits per heavy atom. The Bertz CT molecular complexity index is 414. The molecule has 0 aliphatic heterocycles. The van der Waals surface area contributed by atoms with Gasteiger partial charge in [-0.3, -0.25) is 9.59 Å². The van der Waals surface area contributed by atoms with E-state index in [1.807, 2.05) is 0 Å². The molecule has 0 aromatic heterocycles. The highest BCUT2D eigenvalue weighted by Crippen LogP contribution is 2.29. The van der Waals surface area contributed by atoms with Gasteiger partial charge in [0.1, 0.15) is 5.75 Å². The molecule has 0 aliphatic carbocycles. The van der Waals surface area contributed by atoms with E-state index in [1.165, 1.54) is 21.0 Å². The number of carbonyl (C=O) groups is 2. The highest BCUT2D eigenvalue weighted by Gasteiger charge is 2.09. The van der Waals surface area contributed by atoms with Gasteiger partial charge in [0.05, 0.1) is 12.8 Å². The molecule has 0 bridgehead atoms. The van der Waals surface area contributed by atoms with Crippen molar-refractivity contribution in [3.63, 3.8) is 0 Å². The lowest BCUT2D eigenvalue weighted by molar-refractivity contribution is -0.131. The summed E-state index contributed by atoms with van der Waals surface area (Å²) in [4.78, 5) is 21.8. The number of carbonyl (C=O) groups excluding carboxylic acids is 2. The van der Waals surface area contributed by atoms with E-state index in [0.717, 1.165) is 0 Å². The van der Waals surface area contributed by atoms with Crippen LogP contribution in [0, 0.1) is 0 Å². The zero-order valence-electron chi connectivity index (χ0n) is 9.37. The van der Waals surface area contributed by atoms with E-state index < -0.39 is 5.97 Å². The lowest BCUT2D eigenvalue weighted by Gasteiger charge is -2.10. The summed E-state index contributed by atoms with van der Waals surface area (Å²) in [5, 5.41) is 2.56. The summed E-state index contributed by atoms with van der Waals surface area (Å²) < 4.78 is 9.94. The topological polar surface area (TPSA) is 64.6 Å². The Labute approximate surface area is 93.4 Å². The lowest BCUT2D eigenvalue weighted by Crippen LogP contribution is -2.10. The van der Waals surface area contributed by atoms with Gasteiger partial charge in [-0.2, -0.15) is 0 Å². The minimum Gasteiger partial charge on any atom is -0.497 e. The Morgan fingerprint density at radius 1 is 1.25 bits per heavy atom. The van der Waals surface area contributed by atoms with E-state index in [1.54, 1.807) is 18.2 Å². The number of benzene rings is 1. The number of amides is 1. The highest BCUT2D eigenvalue weighted by atomic mass is 16.5. The van der Waals surface area contributed by atoms with E-state index in [-0.39, 0.29) is 5.91 Å². The summed E-state index contributed by atoms with van der Waals surface area (Å²) in [5.74, 6) is 0.168. The fraction of sp³-hybridized carbons (Fsp3) is 0.273. The zero-order chi connectivity index (χ0) is 12.1. The molecular weight excluding hydrogens is 210 g/mol. The molecule has 0 atom stereocenters. The molecule has 1 amide bonds. The molecule has 86 valence electrons. The molecule has 0 heterocycles. The van der Waals surface area contributed by atoms with Crippen LogP contribution in [-0.4, -0.2) is 19.0 Å². The summed E-state index contributed by atoms with van der Waals surface area (Å²) in [7, 11) is 1.51. The van der Waals surface area contributed by atoms with Crippen LogP contribution in [0.4, 0.5) is 5.69 Å². The van der Waals surface area contributed by atoms with Gasteiger partial charge in [-0.1, -0.05) is 0 Å². The average molecular weight is 223 g/mol. The predicted molar refractivity (Wildman–Crippen MR) is 58.6 cm³/mol. The standard InChI is InChI=1S/C11H13NO4/c1-7(13)12-10-6-9(15-3)4-5-11(10)16-8(2)14/h4-6H,1-3H3,(H,12,13). The van der Waals surface area contributed by atoms with Crippen molar-refractivity contribution in [1.29, 1.82) is 0 Å². The van der Waals surface area contributed by atoms with E-state index >= 15 is 0 Å². The van der Waals surface area contributed by atoms with Crippen LogP contribution in [0.1, 0.15) is 13.8 Å². The third kappa shape index (κ3) is 3.27. The molecule has 5 nitrogen and oxygen atoms in total. The SMILES string of the molecule is COc1ccc(OC(C)=O)c(NC(C)=O)c1. The monoisotopic (exact) mass is 223 g/mol. The van der Waals surface area contributed by atoms with E-state index in [4.69, 9.17) is 9.47 Å². The molecule has 0 spiro atoms. The molecule has 5 heteroatoms. The van der Waals surface area contributed by atoms with E-state index in [9.17, 15) is 9.59 Å². The molecular formula is C11H13NO4. The normalized spacial score (nSPS) is 9.44. The summed E-state index contributed by atoms with van der Waals surface area (Å²) in [6.45, 7) is 2.67. The maximum absolute atomic E-state index is 11.0. The summed E-state index contributed by atoms with van der Waals surface area (Å²) in [6, 6.07) is 4.79. The van der Waals surface area contributed by atoms with Gasteiger partial charge in [-0.15, -0.1) is 0 Å². The number of hydrogen-bond acceptors (Lipinski definition) is 4. The maximum Gasteiger partial charge on any atom is 0.308 e. The number of esters is 1. The second-order valence-electron chi connectivity index (χ2n) is 3.14. The smallest absolute Gasteiger partial charge is 0.308 e. The number of methoxy groups -OCH3 is 1. The van der Waals surface area contributed by atoms with Gasteiger partial charge in [-0.05, 0) is 12.1 Å². The number of anilines is 1. The Hall–Kier alpha value is -2.04. The van der Waals surface area contributed by atoms with Crippen molar-refractivity contribution in [3.05, 3.63) is 18.2 Å². The zero-order valence-corrected chi connectivity index (χ0v) is 9.37. The van der Waals surface area contributed by atoms with Gasteiger partial charge >= 0.3 is 5.97 Å². The summed E-state index contributed by atoms with van der Waals surface area (Å²) in [6.07, 6.45) is 0. The second kappa shape index (κ2) is 5.16. The van der Waals surface area contributed by atoms with Crippen LogP contribution in [0.25, 0.3) is 0 Å². The minimum absolute atomic E-state index is 0.248. The first-order chi connectivity index (χ1) is 7.52. The van der Waals surface area contributed by atoms with Crippen LogP contribution in [0.2, 0.25) is 0 Å². The van der Waals surface area contributed by atoms with Crippen LogP contribution in [0.5, 0.6) is 11.5 Å². The van der Waals surface area contributed by atoms with Crippen molar-refractivity contribution in [1.82, 2.24) is 0 Å². The third-order valence-corrected chi connectivity index (χ3v) is 1.75. The van der Waals surface area contributed by atoms with Crippen LogP contribution in [-0.2, 0) is 9.59 Å². The Morgan fingerprint density at radius 3 is 2.44 bits per heavy atom.